The van der Waals surface area contributed by atoms with E-state index >= 15 is 0 Å². The molecule has 1 aliphatic heterocycles. The van der Waals surface area contributed by atoms with Crippen molar-refractivity contribution in [3.8, 4) is 10.7 Å². The Kier molecular flexibility index (Phi) is 4.83. The first-order chi connectivity index (χ1) is 12.5. The molecular weight excluding hydrogens is 394 g/mol. The van der Waals surface area contributed by atoms with Crippen LogP contribution in [0, 0.1) is 0 Å². The lowest BCUT2D eigenvalue weighted by molar-refractivity contribution is 0.265. The van der Waals surface area contributed by atoms with Crippen molar-refractivity contribution < 1.29 is 12.9 Å². The van der Waals surface area contributed by atoms with Gasteiger partial charge in [0.1, 0.15) is 0 Å². The fourth-order valence-corrected chi connectivity index (χ4v) is 5.32. The standard InChI is InChI=1S/C17H16ClN3O3S2/c18-13-5-7-14(8-6-13)26(22,23)21-9-1-3-12(11-21)17-19-16(20-24-17)15-4-2-10-25-15/h2,4-8,10,12H,1,3,9,11H2. The summed E-state index contributed by atoms with van der Waals surface area (Å²) in [6.07, 6.45) is 1.56. The Morgan fingerprint density at radius 1 is 1.23 bits per heavy atom. The van der Waals surface area contributed by atoms with E-state index in [9.17, 15) is 8.42 Å². The summed E-state index contributed by atoms with van der Waals surface area (Å²) in [6, 6.07) is 10.1. The third kappa shape index (κ3) is 3.42. The monoisotopic (exact) mass is 409 g/mol. The minimum Gasteiger partial charge on any atom is -0.339 e. The summed E-state index contributed by atoms with van der Waals surface area (Å²) in [5.41, 5.74) is 0. The van der Waals surface area contributed by atoms with Crippen LogP contribution in [0.2, 0.25) is 5.02 Å². The largest absolute Gasteiger partial charge is 0.339 e. The number of aromatic nitrogens is 2. The van der Waals surface area contributed by atoms with Gasteiger partial charge in [0.2, 0.25) is 21.7 Å². The van der Waals surface area contributed by atoms with Crippen molar-refractivity contribution in [2.75, 3.05) is 13.1 Å². The molecule has 136 valence electrons. The second kappa shape index (κ2) is 7.11. The van der Waals surface area contributed by atoms with Crippen LogP contribution < -0.4 is 0 Å². The Balaban J connectivity index is 1.55. The van der Waals surface area contributed by atoms with E-state index in [1.165, 1.54) is 27.8 Å². The molecule has 4 rings (SSSR count). The molecule has 0 saturated carbocycles. The molecule has 2 aromatic heterocycles. The second-order valence-electron chi connectivity index (χ2n) is 6.09. The molecule has 0 spiro atoms. The van der Waals surface area contributed by atoms with E-state index in [4.69, 9.17) is 16.1 Å². The van der Waals surface area contributed by atoms with Gasteiger partial charge in [-0.15, -0.1) is 11.3 Å². The number of piperidine rings is 1. The Morgan fingerprint density at radius 2 is 2.04 bits per heavy atom. The van der Waals surface area contributed by atoms with Crippen LogP contribution in [0.5, 0.6) is 0 Å². The van der Waals surface area contributed by atoms with Crippen molar-refractivity contribution in [1.29, 1.82) is 0 Å². The Labute approximate surface area is 160 Å². The zero-order valence-electron chi connectivity index (χ0n) is 13.7. The van der Waals surface area contributed by atoms with Crippen molar-refractivity contribution in [3.63, 3.8) is 0 Å². The number of halogens is 1. The molecule has 0 bridgehead atoms. The first-order valence-corrected chi connectivity index (χ1v) is 10.9. The van der Waals surface area contributed by atoms with E-state index in [0.717, 1.165) is 17.7 Å². The number of hydrogen-bond acceptors (Lipinski definition) is 6. The molecule has 1 aromatic carbocycles. The highest BCUT2D eigenvalue weighted by Gasteiger charge is 2.33. The number of thiophene rings is 1. The van der Waals surface area contributed by atoms with Crippen LogP contribution >= 0.6 is 22.9 Å². The summed E-state index contributed by atoms with van der Waals surface area (Å²) in [7, 11) is -3.57. The fourth-order valence-electron chi connectivity index (χ4n) is 3.02. The number of rotatable bonds is 4. The number of sulfonamides is 1. The van der Waals surface area contributed by atoms with Gasteiger partial charge in [0, 0.05) is 18.1 Å². The first-order valence-electron chi connectivity index (χ1n) is 8.17. The second-order valence-corrected chi connectivity index (χ2v) is 9.41. The summed E-state index contributed by atoms with van der Waals surface area (Å²) in [4.78, 5) is 5.65. The van der Waals surface area contributed by atoms with Crippen LogP contribution in [0.4, 0.5) is 0 Å². The topological polar surface area (TPSA) is 76.3 Å². The van der Waals surface area contributed by atoms with E-state index in [1.54, 1.807) is 12.1 Å². The van der Waals surface area contributed by atoms with Gasteiger partial charge in [-0.2, -0.15) is 9.29 Å². The summed E-state index contributed by atoms with van der Waals surface area (Å²) < 4.78 is 32.7. The van der Waals surface area contributed by atoms with Gasteiger partial charge in [0.15, 0.2) is 0 Å². The van der Waals surface area contributed by atoms with Gasteiger partial charge in [-0.05, 0) is 48.6 Å². The third-order valence-corrected chi connectivity index (χ3v) is 7.37. The molecule has 1 unspecified atom stereocenters. The first kappa shape index (κ1) is 17.7. The van der Waals surface area contributed by atoms with Gasteiger partial charge >= 0.3 is 0 Å². The zero-order valence-corrected chi connectivity index (χ0v) is 16.1. The number of hydrogen-bond donors (Lipinski definition) is 0. The molecule has 0 aliphatic carbocycles. The van der Waals surface area contributed by atoms with Crippen LogP contribution in [-0.4, -0.2) is 36.0 Å². The molecule has 26 heavy (non-hydrogen) atoms. The Morgan fingerprint density at radius 3 is 2.77 bits per heavy atom. The smallest absolute Gasteiger partial charge is 0.243 e. The normalized spacial score (nSPS) is 18.9. The van der Waals surface area contributed by atoms with Gasteiger partial charge in [0.25, 0.3) is 0 Å². The highest BCUT2D eigenvalue weighted by molar-refractivity contribution is 7.89. The van der Waals surface area contributed by atoms with Crippen molar-refractivity contribution in [3.05, 3.63) is 52.7 Å². The van der Waals surface area contributed by atoms with E-state index in [0.29, 0.717) is 29.8 Å². The van der Waals surface area contributed by atoms with Gasteiger partial charge in [-0.25, -0.2) is 8.42 Å². The maximum absolute atomic E-state index is 12.9. The summed E-state index contributed by atoms with van der Waals surface area (Å²) >= 11 is 7.40. The molecule has 6 nitrogen and oxygen atoms in total. The fraction of sp³-hybridized carbons (Fsp3) is 0.294. The van der Waals surface area contributed by atoms with Gasteiger partial charge < -0.3 is 4.52 Å². The van der Waals surface area contributed by atoms with Gasteiger partial charge in [0.05, 0.1) is 15.7 Å². The van der Waals surface area contributed by atoms with Crippen LogP contribution in [-0.2, 0) is 10.0 Å². The number of nitrogens with zero attached hydrogens (tertiary/aromatic N) is 3. The molecule has 3 heterocycles. The van der Waals surface area contributed by atoms with Crippen molar-refractivity contribution in [2.45, 2.75) is 23.7 Å². The van der Waals surface area contributed by atoms with E-state index in [-0.39, 0.29) is 10.8 Å². The zero-order chi connectivity index (χ0) is 18.1. The van der Waals surface area contributed by atoms with E-state index in [2.05, 4.69) is 10.1 Å². The van der Waals surface area contributed by atoms with Crippen molar-refractivity contribution in [1.82, 2.24) is 14.4 Å². The minimum absolute atomic E-state index is 0.105. The average Bonchev–Trinajstić information content (AvgIpc) is 3.34. The number of benzene rings is 1. The average molecular weight is 410 g/mol. The van der Waals surface area contributed by atoms with Gasteiger partial charge in [-0.3, -0.25) is 0 Å². The molecule has 9 heteroatoms. The highest BCUT2D eigenvalue weighted by atomic mass is 35.5. The molecular formula is C17H16ClN3O3S2. The van der Waals surface area contributed by atoms with Crippen LogP contribution in [0.25, 0.3) is 10.7 Å². The van der Waals surface area contributed by atoms with E-state index in [1.807, 2.05) is 17.5 Å². The van der Waals surface area contributed by atoms with Crippen LogP contribution in [0.15, 0.2) is 51.2 Å². The molecule has 0 radical (unpaired) electrons. The lowest BCUT2D eigenvalue weighted by Crippen LogP contribution is -2.39. The summed E-state index contributed by atoms with van der Waals surface area (Å²) in [5.74, 6) is 0.934. The Bertz CT molecular complexity index is 985. The van der Waals surface area contributed by atoms with Crippen molar-refractivity contribution in [2.24, 2.45) is 0 Å². The third-order valence-electron chi connectivity index (χ3n) is 4.37. The summed E-state index contributed by atoms with van der Waals surface area (Å²) in [5, 5.41) is 6.49. The molecule has 0 N–H and O–H groups in total. The van der Waals surface area contributed by atoms with Crippen molar-refractivity contribution >= 4 is 33.0 Å². The SMILES string of the molecule is O=S(=O)(c1ccc(Cl)cc1)N1CCCC(c2nc(-c3cccs3)no2)C1. The summed E-state index contributed by atoms with van der Waals surface area (Å²) in [6.45, 7) is 0.810. The predicted octanol–water partition coefficient (Wildman–Crippen LogP) is 4.02. The molecule has 1 atom stereocenters. The predicted molar refractivity (Wildman–Crippen MR) is 99.8 cm³/mol. The van der Waals surface area contributed by atoms with Crippen LogP contribution in [0.1, 0.15) is 24.7 Å². The maximum Gasteiger partial charge on any atom is 0.243 e. The lowest BCUT2D eigenvalue weighted by atomic mass is 10.00. The Hall–Kier alpha value is -1.74. The van der Waals surface area contributed by atoms with Crippen LogP contribution in [0.3, 0.4) is 0 Å². The molecule has 3 aromatic rings. The minimum atomic E-state index is -3.57. The molecule has 1 saturated heterocycles. The van der Waals surface area contributed by atoms with Gasteiger partial charge in [-0.1, -0.05) is 22.8 Å². The quantitative estimate of drug-likeness (QED) is 0.650. The van der Waals surface area contributed by atoms with E-state index < -0.39 is 10.0 Å². The lowest BCUT2D eigenvalue weighted by Gasteiger charge is -2.30. The maximum atomic E-state index is 12.9. The molecule has 1 fully saturated rings. The molecule has 0 amide bonds. The molecule has 1 aliphatic rings. The highest BCUT2D eigenvalue weighted by Crippen LogP contribution is 2.31.